The van der Waals surface area contributed by atoms with Gasteiger partial charge in [0.2, 0.25) is 11.8 Å². The van der Waals surface area contributed by atoms with Crippen molar-refractivity contribution in [2.24, 2.45) is 17.6 Å². The molecule has 2 aromatic rings. The Hall–Kier alpha value is -2.04. The van der Waals surface area contributed by atoms with Gasteiger partial charge in [-0.2, -0.15) is 0 Å². The van der Waals surface area contributed by atoms with Gasteiger partial charge in [-0.3, -0.25) is 9.59 Å². The van der Waals surface area contributed by atoms with Gasteiger partial charge in [-0.05, 0) is 60.6 Å². The number of carbonyl (C=O) groups is 2. The maximum absolute atomic E-state index is 12.9. The zero-order chi connectivity index (χ0) is 20.5. The van der Waals surface area contributed by atoms with Crippen molar-refractivity contribution in [2.45, 2.75) is 43.6 Å². The maximum Gasteiger partial charge on any atom is 0.223 e. The summed E-state index contributed by atoms with van der Waals surface area (Å²) in [5.74, 6) is -0.197. The van der Waals surface area contributed by atoms with Gasteiger partial charge in [-0.25, -0.2) is 0 Å². The van der Waals surface area contributed by atoms with E-state index in [-0.39, 0.29) is 30.2 Å². The summed E-state index contributed by atoms with van der Waals surface area (Å²) in [6, 6.07) is 15.6. The first kappa shape index (κ1) is 20.2. The molecular formula is C23H24Cl2N2O2. The van der Waals surface area contributed by atoms with E-state index in [0.29, 0.717) is 22.4 Å². The number of halogens is 2. The molecule has 1 saturated heterocycles. The van der Waals surface area contributed by atoms with E-state index in [1.165, 1.54) is 5.56 Å². The lowest BCUT2D eigenvalue weighted by Crippen LogP contribution is -2.52. The van der Waals surface area contributed by atoms with Crippen molar-refractivity contribution < 1.29 is 9.59 Å². The average Bonchev–Trinajstić information content (AvgIpc) is 3.50. The highest BCUT2D eigenvalue weighted by molar-refractivity contribution is 6.30. The quantitative estimate of drug-likeness (QED) is 0.699. The Morgan fingerprint density at radius 2 is 1.83 bits per heavy atom. The number of nitrogens with one attached hydrogen (secondary N) is 1. The van der Waals surface area contributed by atoms with E-state index in [4.69, 9.17) is 28.9 Å². The van der Waals surface area contributed by atoms with Gasteiger partial charge in [0.15, 0.2) is 0 Å². The maximum atomic E-state index is 12.9. The van der Waals surface area contributed by atoms with Gasteiger partial charge in [-0.1, -0.05) is 47.5 Å². The Bertz CT molecular complexity index is 911. The highest BCUT2D eigenvalue weighted by atomic mass is 35.5. The van der Waals surface area contributed by atoms with Crippen molar-refractivity contribution in [1.82, 2.24) is 5.32 Å². The molecule has 1 aliphatic heterocycles. The molecule has 2 amide bonds. The van der Waals surface area contributed by atoms with E-state index in [1.54, 1.807) is 0 Å². The van der Waals surface area contributed by atoms with Gasteiger partial charge < -0.3 is 11.1 Å². The molecule has 2 fully saturated rings. The van der Waals surface area contributed by atoms with Gasteiger partial charge in [0.25, 0.3) is 0 Å². The fraction of sp³-hybridized carbons (Fsp3) is 0.391. The van der Waals surface area contributed by atoms with E-state index in [0.717, 1.165) is 18.4 Å². The van der Waals surface area contributed by atoms with Gasteiger partial charge in [0.1, 0.15) is 0 Å². The topological polar surface area (TPSA) is 72.2 Å². The van der Waals surface area contributed by atoms with Crippen LogP contribution in [0.3, 0.4) is 0 Å². The van der Waals surface area contributed by atoms with Crippen LogP contribution in [0.1, 0.15) is 48.6 Å². The molecule has 152 valence electrons. The van der Waals surface area contributed by atoms with E-state index < -0.39 is 11.8 Å². The minimum Gasteiger partial charge on any atom is -0.370 e. The Morgan fingerprint density at radius 1 is 1.10 bits per heavy atom. The van der Waals surface area contributed by atoms with E-state index in [1.807, 2.05) is 36.4 Å². The fourth-order valence-corrected chi connectivity index (χ4v) is 5.02. The summed E-state index contributed by atoms with van der Waals surface area (Å²) >= 11 is 12.4. The monoisotopic (exact) mass is 430 g/mol. The zero-order valence-corrected chi connectivity index (χ0v) is 17.5. The molecule has 3 N–H and O–H groups in total. The number of nitrogens with two attached hydrogens (primary N) is 1. The molecule has 4 nitrogen and oxygen atoms in total. The number of benzene rings is 2. The summed E-state index contributed by atoms with van der Waals surface area (Å²) in [7, 11) is 0. The average molecular weight is 431 g/mol. The lowest BCUT2D eigenvalue weighted by Gasteiger charge is -2.41. The summed E-state index contributed by atoms with van der Waals surface area (Å²) in [5.41, 5.74) is 7.66. The third-order valence-electron chi connectivity index (χ3n) is 6.15. The van der Waals surface area contributed by atoms with Gasteiger partial charge in [0.05, 0.1) is 0 Å². The van der Waals surface area contributed by atoms with E-state index in [2.05, 4.69) is 17.4 Å². The molecule has 29 heavy (non-hydrogen) atoms. The fourth-order valence-electron chi connectivity index (χ4n) is 4.70. The number of piperidine rings is 1. The Balaban J connectivity index is 1.72. The number of rotatable bonds is 6. The number of carbonyl (C=O) groups excluding carboxylic acids is 2. The molecule has 0 spiro atoms. The predicted molar refractivity (Wildman–Crippen MR) is 115 cm³/mol. The molecule has 1 aliphatic carbocycles. The second kappa shape index (κ2) is 8.37. The third-order valence-corrected chi connectivity index (χ3v) is 6.63. The Morgan fingerprint density at radius 3 is 2.45 bits per heavy atom. The van der Waals surface area contributed by atoms with Gasteiger partial charge >= 0.3 is 0 Å². The van der Waals surface area contributed by atoms with Crippen molar-refractivity contribution in [3.63, 3.8) is 0 Å². The summed E-state index contributed by atoms with van der Waals surface area (Å²) < 4.78 is 0. The first-order chi connectivity index (χ1) is 13.9. The number of hydrogen-bond acceptors (Lipinski definition) is 2. The first-order valence-corrected chi connectivity index (χ1v) is 10.8. The highest BCUT2D eigenvalue weighted by Gasteiger charge is 2.46. The molecule has 4 atom stereocenters. The Kier molecular flexibility index (Phi) is 5.84. The number of hydrogen-bond donors (Lipinski definition) is 2. The number of primary amides is 1. The molecule has 0 bridgehead atoms. The van der Waals surface area contributed by atoms with Crippen molar-refractivity contribution in [2.75, 3.05) is 0 Å². The van der Waals surface area contributed by atoms with Crippen LogP contribution in [0.5, 0.6) is 0 Å². The highest BCUT2D eigenvalue weighted by Crippen LogP contribution is 2.50. The molecule has 2 aromatic carbocycles. The van der Waals surface area contributed by atoms with Crippen molar-refractivity contribution in [3.05, 3.63) is 69.7 Å². The van der Waals surface area contributed by atoms with Crippen molar-refractivity contribution >= 4 is 35.0 Å². The van der Waals surface area contributed by atoms with Crippen LogP contribution in [0.2, 0.25) is 10.0 Å². The second-order valence-electron chi connectivity index (χ2n) is 8.21. The van der Waals surface area contributed by atoms with Crippen molar-refractivity contribution in [1.29, 1.82) is 0 Å². The van der Waals surface area contributed by atoms with Gasteiger partial charge in [-0.15, -0.1) is 0 Å². The molecule has 0 radical (unpaired) electrons. The molecule has 2 aliphatic rings. The standard InChI is InChI=1S/C23H24Cl2N2O2/c24-17-8-6-14(7-9-17)21(13-4-5-13)22-19(15-2-1-3-18(25)10-15)11-16(12-20(26)28)23(29)27-22/h1-3,6-10,13,16,19,21-22H,4-5,11-12H2,(H2,26,28)(H,27,29)/t16-,19-,21?,22+/m1/s1. The summed E-state index contributed by atoms with van der Waals surface area (Å²) in [5, 5.41) is 4.62. The second-order valence-corrected chi connectivity index (χ2v) is 9.09. The lowest BCUT2D eigenvalue weighted by atomic mass is 9.71. The molecule has 4 rings (SSSR count). The van der Waals surface area contributed by atoms with Crippen LogP contribution in [0.15, 0.2) is 48.5 Å². The largest absolute Gasteiger partial charge is 0.370 e. The summed E-state index contributed by atoms with van der Waals surface area (Å²) in [6.45, 7) is 0. The SMILES string of the molecule is NC(=O)C[C@H]1C[C@H](c2cccc(Cl)c2)[C@@H](C(c2ccc(Cl)cc2)C2CC2)NC1=O. The zero-order valence-electron chi connectivity index (χ0n) is 16.0. The molecular weight excluding hydrogens is 407 g/mol. The van der Waals surface area contributed by atoms with Crippen LogP contribution in [0, 0.1) is 11.8 Å². The molecule has 1 unspecified atom stereocenters. The van der Waals surface area contributed by atoms with Crippen LogP contribution < -0.4 is 11.1 Å². The lowest BCUT2D eigenvalue weighted by molar-refractivity contribution is -0.132. The van der Waals surface area contributed by atoms with E-state index >= 15 is 0 Å². The van der Waals surface area contributed by atoms with Crippen molar-refractivity contribution in [3.8, 4) is 0 Å². The summed E-state index contributed by atoms with van der Waals surface area (Å²) in [4.78, 5) is 24.4. The molecule has 1 saturated carbocycles. The van der Waals surface area contributed by atoms with Crippen LogP contribution in [-0.4, -0.2) is 17.9 Å². The minimum atomic E-state index is -0.454. The third kappa shape index (κ3) is 4.59. The minimum absolute atomic E-state index is 0.0528. The van der Waals surface area contributed by atoms with Gasteiger partial charge in [0, 0.05) is 40.3 Å². The van der Waals surface area contributed by atoms with E-state index in [9.17, 15) is 9.59 Å². The number of amides is 2. The molecule has 0 aromatic heterocycles. The normalized spacial score (nSPS) is 25.3. The molecule has 6 heteroatoms. The van der Waals surface area contributed by atoms with Crippen LogP contribution in [-0.2, 0) is 9.59 Å². The van der Waals surface area contributed by atoms with Crippen LogP contribution in [0.25, 0.3) is 0 Å². The predicted octanol–water partition coefficient (Wildman–Crippen LogP) is 4.65. The van der Waals surface area contributed by atoms with Crippen LogP contribution in [0.4, 0.5) is 0 Å². The Labute approximate surface area is 180 Å². The first-order valence-electron chi connectivity index (χ1n) is 10.0. The summed E-state index contributed by atoms with van der Waals surface area (Å²) in [6.07, 6.45) is 2.93. The van der Waals surface area contributed by atoms with Crippen LogP contribution >= 0.6 is 23.2 Å². The molecule has 1 heterocycles. The smallest absolute Gasteiger partial charge is 0.223 e.